The number of carbonyl (C=O) groups is 1. The Hall–Kier alpha value is -2.71. The van der Waals surface area contributed by atoms with Crippen LogP contribution in [0.25, 0.3) is 5.65 Å². The molecule has 3 aromatic rings. The molecule has 0 aliphatic rings. The zero-order valence-corrected chi connectivity index (χ0v) is 15.6. The third-order valence-corrected chi connectivity index (χ3v) is 5.36. The molecular weight excluding hydrogens is 352 g/mol. The fourth-order valence-electron chi connectivity index (χ4n) is 2.70. The lowest BCUT2D eigenvalue weighted by Crippen LogP contribution is -2.30. The molecule has 1 amide bonds. The number of primary sulfonamides is 1. The molecule has 2 heterocycles. The molecule has 0 saturated heterocycles. The van der Waals surface area contributed by atoms with Crippen molar-refractivity contribution in [3.63, 3.8) is 0 Å². The van der Waals surface area contributed by atoms with Gasteiger partial charge in [-0.1, -0.05) is 12.1 Å². The molecule has 0 aliphatic carbocycles. The second kappa shape index (κ2) is 6.54. The zero-order chi connectivity index (χ0) is 19.1. The summed E-state index contributed by atoms with van der Waals surface area (Å²) in [7, 11) is -2.05. The van der Waals surface area contributed by atoms with Gasteiger partial charge < -0.3 is 9.30 Å². The Morgan fingerprint density at radius 1 is 1.23 bits per heavy atom. The van der Waals surface area contributed by atoms with Gasteiger partial charge in [-0.2, -0.15) is 0 Å². The highest BCUT2D eigenvalue weighted by Gasteiger charge is 2.21. The number of amides is 1. The summed E-state index contributed by atoms with van der Waals surface area (Å²) in [4.78, 5) is 18.8. The van der Waals surface area contributed by atoms with Crippen molar-refractivity contribution in [3.05, 3.63) is 65.6 Å². The molecule has 2 N–H and O–H groups in total. The van der Waals surface area contributed by atoms with Crippen LogP contribution >= 0.6 is 0 Å². The van der Waals surface area contributed by atoms with E-state index >= 15 is 0 Å². The molecular formula is C18H20N4O3S. The molecule has 7 nitrogen and oxygen atoms in total. The molecule has 0 saturated carbocycles. The maximum absolute atomic E-state index is 12.8. The fourth-order valence-corrected chi connectivity index (χ4v) is 3.22. The van der Waals surface area contributed by atoms with Gasteiger partial charge in [0.25, 0.3) is 5.91 Å². The van der Waals surface area contributed by atoms with E-state index in [1.54, 1.807) is 34.7 Å². The molecule has 8 heteroatoms. The number of pyridine rings is 1. The summed E-state index contributed by atoms with van der Waals surface area (Å²) in [6.07, 6.45) is 3.56. The maximum Gasteiger partial charge on any atom is 0.274 e. The van der Waals surface area contributed by atoms with Crippen molar-refractivity contribution in [3.8, 4) is 0 Å². The number of hydrogen-bond acceptors (Lipinski definition) is 4. The number of sulfonamides is 1. The van der Waals surface area contributed by atoms with E-state index in [0.29, 0.717) is 11.3 Å². The first kappa shape index (κ1) is 18.1. The van der Waals surface area contributed by atoms with Crippen molar-refractivity contribution in [1.29, 1.82) is 0 Å². The third kappa shape index (κ3) is 3.47. The molecule has 3 rings (SSSR count). The van der Waals surface area contributed by atoms with Crippen molar-refractivity contribution in [2.75, 3.05) is 7.05 Å². The van der Waals surface area contributed by atoms with Crippen molar-refractivity contribution in [1.82, 2.24) is 14.3 Å². The van der Waals surface area contributed by atoms with E-state index in [-0.39, 0.29) is 16.8 Å². The van der Waals surface area contributed by atoms with Crippen LogP contribution in [-0.2, 0) is 10.0 Å². The second-order valence-corrected chi connectivity index (χ2v) is 7.86. The summed E-state index contributed by atoms with van der Waals surface area (Å²) in [5.74, 6) is -0.214. The van der Waals surface area contributed by atoms with Crippen LogP contribution in [0.15, 0.2) is 53.7 Å². The minimum Gasteiger partial charge on any atom is -0.334 e. The Balaban J connectivity index is 1.84. The smallest absolute Gasteiger partial charge is 0.274 e. The number of nitrogens with two attached hydrogens (primary N) is 1. The lowest BCUT2D eigenvalue weighted by atomic mass is 10.1. The van der Waals surface area contributed by atoms with Gasteiger partial charge in [-0.25, -0.2) is 18.5 Å². The first-order valence-electron chi connectivity index (χ1n) is 8.02. The number of aromatic nitrogens is 2. The SMILES string of the molecule is Cc1ccn2cc(C(=O)N(C)[C@H](C)c3ccc(S(N)(=O)=O)cc3)nc2c1. The molecule has 0 aliphatic heterocycles. The van der Waals surface area contributed by atoms with Crippen molar-refractivity contribution in [2.24, 2.45) is 5.14 Å². The normalized spacial score (nSPS) is 12.9. The zero-order valence-electron chi connectivity index (χ0n) is 14.7. The predicted octanol–water partition coefficient (Wildman–Crippen LogP) is 2.12. The van der Waals surface area contributed by atoms with Crippen LogP contribution < -0.4 is 5.14 Å². The van der Waals surface area contributed by atoms with E-state index in [2.05, 4.69) is 4.98 Å². The number of nitrogens with zero attached hydrogens (tertiary/aromatic N) is 3. The van der Waals surface area contributed by atoms with Crippen LogP contribution in [0.5, 0.6) is 0 Å². The quantitative estimate of drug-likeness (QED) is 0.758. The Morgan fingerprint density at radius 3 is 2.50 bits per heavy atom. The van der Waals surface area contributed by atoms with E-state index in [1.807, 2.05) is 32.2 Å². The molecule has 1 atom stereocenters. The molecule has 0 radical (unpaired) electrons. The van der Waals surface area contributed by atoms with Gasteiger partial charge >= 0.3 is 0 Å². The summed E-state index contributed by atoms with van der Waals surface area (Å²) in [6, 6.07) is 9.78. The minimum atomic E-state index is -3.74. The standard InChI is InChI=1S/C18H20N4O3S/c1-12-8-9-22-11-16(20-17(22)10-12)18(23)21(3)13(2)14-4-6-15(7-5-14)26(19,24)25/h4-11,13H,1-3H3,(H2,19,24,25)/t13-/m1/s1. The Morgan fingerprint density at radius 2 is 1.88 bits per heavy atom. The lowest BCUT2D eigenvalue weighted by Gasteiger charge is -2.24. The van der Waals surface area contributed by atoms with Gasteiger partial charge in [0.1, 0.15) is 11.3 Å². The van der Waals surface area contributed by atoms with E-state index in [1.165, 1.54) is 12.1 Å². The average molecular weight is 372 g/mol. The molecule has 136 valence electrons. The highest BCUT2D eigenvalue weighted by Crippen LogP contribution is 2.22. The number of imidazole rings is 1. The molecule has 2 aromatic heterocycles. The van der Waals surface area contributed by atoms with Crippen LogP contribution in [0, 0.1) is 6.92 Å². The summed E-state index contributed by atoms with van der Waals surface area (Å²) in [5, 5.41) is 5.11. The number of hydrogen-bond donors (Lipinski definition) is 1. The number of fused-ring (bicyclic) bond motifs is 1. The van der Waals surface area contributed by atoms with Gasteiger partial charge in [-0.15, -0.1) is 0 Å². The minimum absolute atomic E-state index is 0.0400. The van der Waals surface area contributed by atoms with Gasteiger partial charge in [0.05, 0.1) is 10.9 Å². The highest BCUT2D eigenvalue weighted by atomic mass is 32.2. The van der Waals surface area contributed by atoms with Crippen molar-refractivity contribution in [2.45, 2.75) is 24.8 Å². The Labute approximate surface area is 152 Å². The van der Waals surface area contributed by atoms with Gasteiger partial charge in [-0.3, -0.25) is 4.79 Å². The molecule has 1 aromatic carbocycles. The summed E-state index contributed by atoms with van der Waals surface area (Å²) in [5.41, 5.74) is 2.93. The van der Waals surface area contributed by atoms with Crippen LogP contribution in [0.3, 0.4) is 0 Å². The predicted molar refractivity (Wildman–Crippen MR) is 98.3 cm³/mol. The topological polar surface area (TPSA) is 97.8 Å². The maximum atomic E-state index is 12.8. The first-order chi connectivity index (χ1) is 12.2. The highest BCUT2D eigenvalue weighted by molar-refractivity contribution is 7.89. The summed E-state index contributed by atoms with van der Waals surface area (Å²) >= 11 is 0. The molecule has 0 bridgehead atoms. The van der Waals surface area contributed by atoms with Crippen LogP contribution in [-0.4, -0.2) is 35.7 Å². The van der Waals surface area contributed by atoms with E-state index in [0.717, 1.165) is 11.1 Å². The Bertz CT molecular complexity index is 1070. The number of benzene rings is 1. The molecule has 0 spiro atoms. The number of aryl methyl sites for hydroxylation is 1. The van der Waals surface area contributed by atoms with Gasteiger partial charge in [0, 0.05) is 19.4 Å². The van der Waals surface area contributed by atoms with Crippen LogP contribution in [0.1, 0.15) is 34.6 Å². The molecule has 0 fully saturated rings. The lowest BCUT2D eigenvalue weighted by molar-refractivity contribution is 0.0737. The second-order valence-electron chi connectivity index (χ2n) is 6.30. The van der Waals surface area contributed by atoms with Gasteiger partial charge in [0.15, 0.2) is 0 Å². The number of carbonyl (C=O) groups excluding carboxylic acids is 1. The van der Waals surface area contributed by atoms with Gasteiger partial charge in [-0.05, 0) is 49.2 Å². The first-order valence-corrected chi connectivity index (χ1v) is 9.57. The average Bonchev–Trinajstić information content (AvgIpc) is 3.02. The fraction of sp³-hybridized carbons (Fsp3) is 0.222. The summed E-state index contributed by atoms with van der Waals surface area (Å²) in [6.45, 7) is 3.83. The van der Waals surface area contributed by atoms with Crippen LogP contribution in [0.4, 0.5) is 0 Å². The monoisotopic (exact) mass is 372 g/mol. The third-order valence-electron chi connectivity index (χ3n) is 4.43. The van der Waals surface area contributed by atoms with Crippen molar-refractivity contribution >= 4 is 21.6 Å². The van der Waals surface area contributed by atoms with E-state index < -0.39 is 10.0 Å². The Kier molecular flexibility index (Phi) is 4.55. The largest absolute Gasteiger partial charge is 0.334 e. The molecule has 0 unspecified atom stereocenters. The number of rotatable bonds is 4. The van der Waals surface area contributed by atoms with Crippen molar-refractivity contribution < 1.29 is 13.2 Å². The molecule has 26 heavy (non-hydrogen) atoms. The van der Waals surface area contributed by atoms with E-state index in [4.69, 9.17) is 5.14 Å². The van der Waals surface area contributed by atoms with E-state index in [9.17, 15) is 13.2 Å². The summed E-state index contributed by atoms with van der Waals surface area (Å²) < 4.78 is 24.5. The van der Waals surface area contributed by atoms with Gasteiger partial charge in [0.2, 0.25) is 10.0 Å². The van der Waals surface area contributed by atoms with Crippen LogP contribution in [0.2, 0.25) is 0 Å².